The van der Waals surface area contributed by atoms with E-state index in [0.717, 1.165) is 6.07 Å². The van der Waals surface area contributed by atoms with Gasteiger partial charge in [0.25, 0.3) is 0 Å². The Hall–Kier alpha value is -0.420. The second-order valence-corrected chi connectivity index (χ2v) is 7.20. The number of carbonyl (C=O) groups is 1. The van der Waals surface area contributed by atoms with Crippen molar-refractivity contribution in [3.05, 3.63) is 33.8 Å². The first-order valence-corrected chi connectivity index (χ1v) is 6.81. The molecule has 0 unspecified atom stereocenters. The SMILES string of the molecule is CC(C)(C)SCC(=O)c1c(F)ccc(Br)c1F. The van der Waals surface area contributed by atoms with Gasteiger partial charge in [0.15, 0.2) is 11.6 Å². The summed E-state index contributed by atoms with van der Waals surface area (Å²) in [6, 6.07) is 2.33. The van der Waals surface area contributed by atoms with Crippen LogP contribution in [0, 0.1) is 11.6 Å². The summed E-state index contributed by atoms with van der Waals surface area (Å²) in [5.41, 5.74) is -0.462. The van der Waals surface area contributed by atoms with Gasteiger partial charge in [-0.05, 0) is 28.1 Å². The maximum atomic E-state index is 13.6. The van der Waals surface area contributed by atoms with Crippen molar-refractivity contribution >= 4 is 33.5 Å². The number of hydrogen-bond acceptors (Lipinski definition) is 2. The van der Waals surface area contributed by atoms with E-state index in [4.69, 9.17) is 0 Å². The third-order valence-electron chi connectivity index (χ3n) is 1.96. The number of hydrogen-bond donors (Lipinski definition) is 0. The number of Topliss-reactive ketones (excluding diaryl/α,β-unsaturated/α-hetero) is 1. The number of thioether (sulfide) groups is 1. The molecule has 0 heterocycles. The molecule has 0 aliphatic heterocycles. The van der Waals surface area contributed by atoms with E-state index in [-0.39, 0.29) is 15.0 Å². The molecule has 1 rings (SSSR count). The Morgan fingerprint density at radius 1 is 1.35 bits per heavy atom. The highest BCUT2D eigenvalue weighted by Gasteiger charge is 2.21. The third-order valence-corrected chi connectivity index (χ3v) is 3.84. The van der Waals surface area contributed by atoms with E-state index in [2.05, 4.69) is 15.9 Å². The lowest BCUT2D eigenvalue weighted by molar-refractivity contribution is 0.101. The Bertz CT molecular complexity index is 441. The van der Waals surface area contributed by atoms with Crippen molar-refractivity contribution in [2.24, 2.45) is 0 Å². The van der Waals surface area contributed by atoms with Crippen LogP contribution in [0.1, 0.15) is 31.1 Å². The van der Waals surface area contributed by atoms with Crippen LogP contribution in [0.3, 0.4) is 0 Å². The highest BCUT2D eigenvalue weighted by molar-refractivity contribution is 9.10. The van der Waals surface area contributed by atoms with Crippen molar-refractivity contribution in [2.45, 2.75) is 25.5 Å². The molecule has 0 aromatic heterocycles. The molecule has 17 heavy (non-hydrogen) atoms. The molecule has 0 radical (unpaired) electrons. The fourth-order valence-corrected chi connectivity index (χ4v) is 2.18. The minimum absolute atomic E-state index is 0.0633. The molecule has 0 aliphatic rings. The second-order valence-electron chi connectivity index (χ2n) is 4.54. The van der Waals surface area contributed by atoms with Gasteiger partial charge < -0.3 is 0 Å². The number of rotatable bonds is 3. The Morgan fingerprint density at radius 3 is 2.47 bits per heavy atom. The van der Waals surface area contributed by atoms with E-state index in [1.165, 1.54) is 17.8 Å². The molecule has 0 aliphatic carbocycles. The number of ketones is 1. The molecule has 0 spiro atoms. The molecule has 5 heteroatoms. The first kappa shape index (κ1) is 14.6. The number of halogens is 3. The van der Waals surface area contributed by atoms with Crippen molar-refractivity contribution in [3.63, 3.8) is 0 Å². The van der Waals surface area contributed by atoms with Crippen LogP contribution < -0.4 is 0 Å². The lowest BCUT2D eigenvalue weighted by Crippen LogP contribution is -2.15. The fraction of sp³-hybridized carbons (Fsp3) is 0.417. The molecule has 0 saturated carbocycles. The van der Waals surface area contributed by atoms with Crippen LogP contribution >= 0.6 is 27.7 Å². The van der Waals surface area contributed by atoms with E-state index in [0.29, 0.717) is 0 Å². The molecule has 0 atom stereocenters. The molecule has 0 saturated heterocycles. The molecule has 0 bridgehead atoms. The molecule has 1 aromatic rings. The first-order valence-electron chi connectivity index (χ1n) is 5.03. The van der Waals surface area contributed by atoms with Crippen LogP contribution in [0.5, 0.6) is 0 Å². The quantitative estimate of drug-likeness (QED) is 0.604. The maximum Gasteiger partial charge on any atom is 0.178 e. The molecule has 94 valence electrons. The van der Waals surface area contributed by atoms with Crippen molar-refractivity contribution in [2.75, 3.05) is 5.75 Å². The van der Waals surface area contributed by atoms with Gasteiger partial charge in [0.05, 0.1) is 15.8 Å². The van der Waals surface area contributed by atoms with Crippen molar-refractivity contribution in [1.29, 1.82) is 0 Å². The minimum atomic E-state index is -0.829. The molecule has 1 aromatic carbocycles. The number of benzene rings is 1. The highest BCUT2D eigenvalue weighted by atomic mass is 79.9. The van der Waals surface area contributed by atoms with Gasteiger partial charge in [0.1, 0.15) is 5.82 Å². The van der Waals surface area contributed by atoms with E-state index in [1.807, 2.05) is 20.8 Å². The highest BCUT2D eigenvalue weighted by Crippen LogP contribution is 2.27. The second kappa shape index (κ2) is 5.48. The zero-order valence-corrected chi connectivity index (χ0v) is 12.2. The Labute approximate surface area is 112 Å². The predicted octanol–water partition coefficient (Wildman–Crippen LogP) is 4.44. The largest absolute Gasteiger partial charge is 0.293 e. The van der Waals surface area contributed by atoms with Gasteiger partial charge in [-0.1, -0.05) is 20.8 Å². The van der Waals surface area contributed by atoms with Crippen LogP contribution in [-0.4, -0.2) is 16.3 Å². The summed E-state index contributed by atoms with van der Waals surface area (Å²) in [5.74, 6) is -2.11. The van der Waals surface area contributed by atoms with Crippen LogP contribution in [0.25, 0.3) is 0 Å². The Kier molecular flexibility index (Phi) is 4.72. The lowest BCUT2D eigenvalue weighted by atomic mass is 10.1. The molecular formula is C12H13BrF2OS. The van der Waals surface area contributed by atoms with E-state index in [1.54, 1.807) is 0 Å². The molecule has 0 fully saturated rings. The minimum Gasteiger partial charge on any atom is -0.293 e. The van der Waals surface area contributed by atoms with Crippen molar-refractivity contribution in [3.8, 4) is 0 Å². The van der Waals surface area contributed by atoms with E-state index in [9.17, 15) is 13.6 Å². The first-order chi connectivity index (χ1) is 7.72. The normalized spacial score (nSPS) is 11.6. The smallest absolute Gasteiger partial charge is 0.178 e. The average molecular weight is 323 g/mol. The maximum absolute atomic E-state index is 13.6. The zero-order valence-electron chi connectivity index (χ0n) is 9.81. The van der Waals surface area contributed by atoms with Crippen molar-refractivity contribution in [1.82, 2.24) is 0 Å². The third kappa shape index (κ3) is 4.07. The fourth-order valence-electron chi connectivity index (χ4n) is 1.14. The summed E-state index contributed by atoms with van der Waals surface area (Å²) in [4.78, 5) is 11.8. The van der Waals surface area contributed by atoms with Gasteiger partial charge in [-0.25, -0.2) is 8.78 Å². The van der Waals surface area contributed by atoms with Crippen LogP contribution in [0.2, 0.25) is 0 Å². The molecular weight excluding hydrogens is 310 g/mol. The van der Waals surface area contributed by atoms with Crippen molar-refractivity contribution < 1.29 is 13.6 Å². The summed E-state index contributed by atoms with van der Waals surface area (Å²) in [6.07, 6.45) is 0. The number of carbonyl (C=O) groups excluding carboxylic acids is 1. The van der Waals surface area contributed by atoms with Gasteiger partial charge in [-0.2, -0.15) is 0 Å². The van der Waals surface area contributed by atoms with E-state index < -0.39 is 23.0 Å². The summed E-state index contributed by atoms with van der Waals surface area (Å²) in [5, 5.41) is 0. The summed E-state index contributed by atoms with van der Waals surface area (Å²) in [6.45, 7) is 5.83. The predicted molar refractivity (Wildman–Crippen MR) is 70.6 cm³/mol. The van der Waals surface area contributed by atoms with Gasteiger partial charge in [-0.3, -0.25) is 4.79 Å². The van der Waals surface area contributed by atoms with E-state index >= 15 is 0 Å². The summed E-state index contributed by atoms with van der Waals surface area (Å²) in [7, 11) is 0. The molecule has 0 amide bonds. The lowest BCUT2D eigenvalue weighted by Gasteiger charge is -2.17. The topological polar surface area (TPSA) is 17.1 Å². The average Bonchev–Trinajstić information content (AvgIpc) is 2.20. The molecule has 0 N–H and O–H groups in total. The molecule has 1 nitrogen and oxygen atoms in total. The Morgan fingerprint density at radius 2 is 1.94 bits per heavy atom. The van der Waals surface area contributed by atoms with Gasteiger partial charge in [0, 0.05) is 4.75 Å². The van der Waals surface area contributed by atoms with Crippen LogP contribution in [-0.2, 0) is 0 Å². The van der Waals surface area contributed by atoms with Crippen LogP contribution in [0.15, 0.2) is 16.6 Å². The monoisotopic (exact) mass is 322 g/mol. The van der Waals surface area contributed by atoms with Gasteiger partial charge in [-0.15, -0.1) is 11.8 Å². The summed E-state index contributed by atoms with van der Waals surface area (Å²) >= 11 is 4.30. The zero-order chi connectivity index (χ0) is 13.2. The summed E-state index contributed by atoms with van der Waals surface area (Å²) < 4.78 is 27.0. The van der Waals surface area contributed by atoms with Crippen LogP contribution in [0.4, 0.5) is 8.78 Å². The van der Waals surface area contributed by atoms with Gasteiger partial charge in [0.2, 0.25) is 0 Å². The standard InChI is InChI=1S/C12H13BrF2OS/c1-12(2,3)17-6-9(16)10-8(14)5-4-7(13)11(10)15/h4-5H,6H2,1-3H3. The van der Waals surface area contributed by atoms with Gasteiger partial charge >= 0.3 is 0 Å². The Balaban J connectivity index is 2.93.